The number of halogens is 1. The standard InChI is InChI=1S/C10H13ClN2O2/c1-3-7(2)12-9-5-4-8(11)6-10(9)13(14)15/h4-7,12H,3H2,1-2H3. The summed E-state index contributed by atoms with van der Waals surface area (Å²) in [5, 5.41) is 14.2. The minimum Gasteiger partial charge on any atom is -0.377 e. The normalized spacial score (nSPS) is 12.2. The van der Waals surface area contributed by atoms with Crippen LogP contribution in [0.3, 0.4) is 0 Å². The summed E-state index contributed by atoms with van der Waals surface area (Å²) >= 11 is 5.70. The van der Waals surface area contributed by atoms with Crippen molar-refractivity contribution in [3.8, 4) is 0 Å². The third-order valence-corrected chi connectivity index (χ3v) is 2.41. The summed E-state index contributed by atoms with van der Waals surface area (Å²) in [6.07, 6.45) is 0.903. The van der Waals surface area contributed by atoms with E-state index in [-0.39, 0.29) is 11.7 Å². The van der Waals surface area contributed by atoms with E-state index in [4.69, 9.17) is 11.6 Å². The third-order valence-electron chi connectivity index (χ3n) is 2.17. The summed E-state index contributed by atoms with van der Waals surface area (Å²) in [5.41, 5.74) is 0.529. The first-order valence-electron chi connectivity index (χ1n) is 4.75. The predicted molar refractivity (Wildman–Crippen MR) is 61.5 cm³/mol. The van der Waals surface area contributed by atoms with E-state index in [1.807, 2.05) is 13.8 Å². The van der Waals surface area contributed by atoms with Crippen LogP contribution >= 0.6 is 11.6 Å². The van der Waals surface area contributed by atoms with E-state index in [1.54, 1.807) is 12.1 Å². The minimum atomic E-state index is -0.434. The largest absolute Gasteiger partial charge is 0.377 e. The Balaban J connectivity index is 3.01. The molecule has 0 aliphatic carbocycles. The Kier molecular flexibility index (Phi) is 3.91. The summed E-state index contributed by atoms with van der Waals surface area (Å²) < 4.78 is 0. The van der Waals surface area contributed by atoms with Gasteiger partial charge in [0, 0.05) is 17.1 Å². The predicted octanol–water partition coefficient (Wildman–Crippen LogP) is 3.46. The zero-order valence-corrected chi connectivity index (χ0v) is 9.41. The lowest BCUT2D eigenvalue weighted by atomic mass is 10.2. The van der Waals surface area contributed by atoms with E-state index in [1.165, 1.54) is 6.07 Å². The molecule has 0 radical (unpaired) electrons. The molecule has 1 aromatic rings. The molecule has 1 atom stereocenters. The van der Waals surface area contributed by atoms with Crippen LogP contribution in [0.5, 0.6) is 0 Å². The van der Waals surface area contributed by atoms with Gasteiger partial charge in [-0.15, -0.1) is 0 Å². The zero-order valence-electron chi connectivity index (χ0n) is 8.66. The van der Waals surface area contributed by atoms with Crippen LogP contribution in [0.15, 0.2) is 18.2 Å². The van der Waals surface area contributed by atoms with Gasteiger partial charge in [0.05, 0.1) is 4.92 Å². The van der Waals surface area contributed by atoms with Crippen LogP contribution in [0, 0.1) is 10.1 Å². The molecular weight excluding hydrogens is 216 g/mol. The lowest BCUT2D eigenvalue weighted by molar-refractivity contribution is -0.384. The molecule has 5 heteroatoms. The van der Waals surface area contributed by atoms with Crippen molar-refractivity contribution in [1.82, 2.24) is 0 Å². The second-order valence-electron chi connectivity index (χ2n) is 3.37. The molecule has 0 spiro atoms. The van der Waals surface area contributed by atoms with Gasteiger partial charge >= 0.3 is 0 Å². The third kappa shape index (κ3) is 3.09. The van der Waals surface area contributed by atoms with Crippen molar-refractivity contribution < 1.29 is 4.92 Å². The summed E-state index contributed by atoms with van der Waals surface area (Å²) in [5.74, 6) is 0. The highest BCUT2D eigenvalue weighted by atomic mass is 35.5. The maximum absolute atomic E-state index is 10.8. The number of nitrogens with one attached hydrogen (secondary N) is 1. The first-order valence-corrected chi connectivity index (χ1v) is 5.13. The van der Waals surface area contributed by atoms with E-state index < -0.39 is 4.92 Å². The Hall–Kier alpha value is -1.29. The fourth-order valence-electron chi connectivity index (χ4n) is 1.15. The first-order chi connectivity index (χ1) is 7.04. The van der Waals surface area contributed by atoms with Crippen molar-refractivity contribution in [3.05, 3.63) is 33.3 Å². The van der Waals surface area contributed by atoms with Crippen molar-refractivity contribution in [3.63, 3.8) is 0 Å². The maximum atomic E-state index is 10.8. The Bertz CT molecular complexity index is 368. The molecule has 1 N–H and O–H groups in total. The molecule has 0 saturated heterocycles. The summed E-state index contributed by atoms with van der Waals surface area (Å²) in [7, 11) is 0. The smallest absolute Gasteiger partial charge is 0.293 e. The van der Waals surface area contributed by atoms with Crippen LogP contribution in [-0.4, -0.2) is 11.0 Å². The Morgan fingerprint density at radius 2 is 2.27 bits per heavy atom. The van der Waals surface area contributed by atoms with Gasteiger partial charge in [-0.3, -0.25) is 10.1 Å². The molecule has 0 saturated carbocycles. The number of anilines is 1. The quantitative estimate of drug-likeness (QED) is 0.634. The Labute approximate surface area is 93.4 Å². The van der Waals surface area contributed by atoms with Crippen molar-refractivity contribution in [1.29, 1.82) is 0 Å². The van der Waals surface area contributed by atoms with Crippen molar-refractivity contribution in [2.75, 3.05) is 5.32 Å². The van der Waals surface area contributed by atoms with Crippen LogP contribution in [0.1, 0.15) is 20.3 Å². The van der Waals surface area contributed by atoms with Crippen molar-refractivity contribution in [2.24, 2.45) is 0 Å². The van der Waals surface area contributed by atoms with Crippen LogP contribution in [-0.2, 0) is 0 Å². The van der Waals surface area contributed by atoms with Gasteiger partial charge in [-0.25, -0.2) is 0 Å². The highest BCUT2D eigenvalue weighted by Gasteiger charge is 2.15. The number of hydrogen-bond acceptors (Lipinski definition) is 3. The molecule has 82 valence electrons. The molecular formula is C10H13ClN2O2. The fraction of sp³-hybridized carbons (Fsp3) is 0.400. The monoisotopic (exact) mass is 228 g/mol. The lowest BCUT2D eigenvalue weighted by Crippen LogP contribution is -2.14. The van der Waals surface area contributed by atoms with Gasteiger partial charge in [0.2, 0.25) is 0 Å². The molecule has 0 heterocycles. The Morgan fingerprint density at radius 3 is 2.80 bits per heavy atom. The van der Waals surface area contributed by atoms with E-state index in [2.05, 4.69) is 5.32 Å². The lowest BCUT2D eigenvalue weighted by Gasteiger charge is -2.12. The molecule has 1 aromatic carbocycles. The average Bonchev–Trinajstić information content (AvgIpc) is 2.20. The topological polar surface area (TPSA) is 55.2 Å². The minimum absolute atomic E-state index is 0.0165. The van der Waals surface area contributed by atoms with Gasteiger partial charge in [-0.1, -0.05) is 18.5 Å². The van der Waals surface area contributed by atoms with E-state index in [9.17, 15) is 10.1 Å². The van der Waals surface area contributed by atoms with Gasteiger partial charge in [0.1, 0.15) is 5.69 Å². The number of nitro benzene ring substituents is 1. The van der Waals surface area contributed by atoms with E-state index in [0.717, 1.165) is 6.42 Å². The number of nitro groups is 1. The van der Waals surface area contributed by atoms with Gasteiger partial charge in [0.15, 0.2) is 0 Å². The van der Waals surface area contributed by atoms with E-state index in [0.29, 0.717) is 10.7 Å². The maximum Gasteiger partial charge on any atom is 0.293 e. The molecule has 15 heavy (non-hydrogen) atoms. The molecule has 0 aromatic heterocycles. The van der Waals surface area contributed by atoms with Gasteiger partial charge in [0.25, 0.3) is 5.69 Å². The number of rotatable bonds is 4. The number of hydrogen-bond donors (Lipinski definition) is 1. The second kappa shape index (κ2) is 4.98. The van der Waals surface area contributed by atoms with Crippen LogP contribution < -0.4 is 5.32 Å². The van der Waals surface area contributed by atoms with E-state index >= 15 is 0 Å². The fourth-order valence-corrected chi connectivity index (χ4v) is 1.31. The molecule has 0 bridgehead atoms. The van der Waals surface area contributed by atoms with Crippen molar-refractivity contribution >= 4 is 23.0 Å². The van der Waals surface area contributed by atoms with Gasteiger partial charge in [-0.05, 0) is 25.5 Å². The molecule has 1 unspecified atom stereocenters. The average molecular weight is 229 g/mol. The van der Waals surface area contributed by atoms with Gasteiger partial charge in [-0.2, -0.15) is 0 Å². The van der Waals surface area contributed by atoms with Crippen molar-refractivity contribution in [2.45, 2.75) is 26.3 Å². The number of benzene rings is 1. The molecule has 0 fully saturated rings. The zero-order chi connectivity index (χ0) is 11.4. The Morgan fingerprint density at radius 1 is 1.60 bits per heavy atom. The molecule has 0 amide bonds. The molecule has 1 rings (SSSR count). The first kappa shape index (κ1) is 11.8. The highest BCUT2D eigenvalue weighted by Crippen LogP contribution is 2.28. The number of nitrogens with zero attached hydrogens (tertiary/aromatic N) is 1. The summed E-state index contributed by atoms with van der Waals surface area (Å²) in [6.45, 7) is 3.98. The van der Waals surface area contributed by atoms with Crippen LogP contribution in [0.4, 0.5) is 11.4 Å². The van der Waals surface area contributed by atoms with Crippen LogP contribution in [0.25, 0.3) is 0 Å². The summed E-state index contributed by atoms with van der Waals surface area (Å²) in [6, 6.07) is 4.82. The molecule has 0 aliphatic heterocycles. The molecule has 4 nitrogen and oxygen atoms in total. The second-order valence-corrected chi connectivity index (χ2v) is 3.81. The molecule has 0 aliphatic rings. The highest BCUT2D eigenvalue weighted by molar-refractivity contribution is 6.30. The van der Waals surface area contributed by atoms with Gasteiger partial charge < -0.3 is 5.32 Å². The van der Waals surface area contributed by atoms with Crippen LogP contribution in [0.2, 0.25) is 5.02 Å². The summed E-state index contributed by atoms with van der Waals surface area (Å²) in [4.78, 5) is 10.3. The SMILES string of the molecule is CCC(C)Nc1ccc(Cl)cc1[N+](=O)[O-].